The van der Waals surface area contributed by atoms with Crippen molar-refractivity contribution in [2.45, 2.75) is 40.7 Å². The fourth-order valence-corrected chi connectivity index (χ4v) is 2.26. The summed E-state index contributed by atoms with van der Waals surface area (Å²) in [7, 11) is 0. The Labute approximate surface area is 128 Å². The van der Waals surface area contributed by atoms with Crippen LogP contribution < -0.4 is 5.56 Å². The molecule has 7 heteroatoms. The topological polar surface area (TPSA) is 85.8 Å². The lowest BCUT2D eigenvalue weighted by atomic mass is 10.1. The molecule has 0 saturated heterocycles. The molecule has 0 atom stereocenters. The predicted octanol–water partition coefficient (Wildman–Crippen LogP) is 1.73. The quantitative estimate of drug-likeness (QED) is 0.850. The van der Waals surface area contributed by atoms with Crippen molar-refractivity contribution in [1.29, 1.82) is 0 Å². The highest BCUT2D eigenvalue weighted by atomic mass is 16.5. The van der Waals surface area contributed by atoms with Gasteiger partial charge in [-0.3, -0.25) is 9.36 Å². The number of rotatable bonds is 5. The van der Waals surface area contributed by atoms with Gasteiger partial charge < -0.3 is 9.84 Å². The fourth-order valence-electron chi connectivity index (χ4n) is 2.26. The van der Waals surface area contributed by atoms with Crippen LogP contribution in [0.1, 0.15) is 43.2 Å². The van der Waals surface area contributed by atoms with Crippen molar-refractivity contribution < 1.29 is 14.6 Å². The number of ether oxygens (including phenoxy) is 1. The van der Waals surface area contributed by atoms with Crippen LogP contribution in [0.25, 0.3) is 5.65 Å². The molecule has 0 unspecified atom stereocenters. The molecule has 0 bridgehead atoms. The Bertz CT molecular complexity index is 758. The standard InChI is InChI=1S/C15H21N3O4/c1-5-22-15(21)12-13(19)17(7-6-9(2)3)11-8-10(4)16-18(11)14(12)20/h8-9,19H,5-7H2,1-4H3. The molecule has 0 fully saturated rings. The van der Waals surface area contributed by atoms with Gasteiger partial charge in [0.1, 0.15) is 5.65 Å². The normalized spacial score (nSPS) is 11.3. The molecule has 22 heavy (non-hydrogen) atoms. The van der Waals surface area contributed by atoms with Crippen LogP contribution in [-0.4, -0.2) is 31.9 Å². The van der Waals surface area contributed by atoms with Crippen LogP contribution in [-0.2, 0) is 11.3 Å². The highest BCUT2D eigenvalue weighted by Gasteiger charge is 2.24. The number of nitrogens with zero attached hydrogens (tertiary/aromatic N) is 3. The van der Waals surface area contributed by atoms with E-state index in [0.717, 1.165) is 10.9 Å². The number of carbonyl (C=O) groups is 1. The molecule has 2 aromatic heterocycles. The van der Waals surface area contributed by atoms with E-state index in [1.165, 1.54) is 4.57 Å². The van der Waals surface area contributed by atoms with Crippen molar-refractivity contribution >= 4 is 11.6 Å². The van der Waals surface area contributed by atoms with E-state index >= 15 is 0 Å². The number of aromatic nitrogens is 3. The van der Waals surface area contributed by atoms with Crippen molar-refractivity contribution in [2.24, 2.45) is 5.92 Å². The maximum absolute atomic E-state index is 12.4. The Balaban J connectivity index is 2.70. The summed E-state index contributed by atoms with van der Waals surface area (Å²) in [6.07, 6.45) is 0.790. The van der Waals surface area contributed by atoms with Gasteiger partial charge in [-0.1, -0.05) is 13.8 Å². The Hall–Kier alpha value is -2.31. The minimum absolute atomic E-state index is 0.125. The van der Waals surface area contributed by atoms with E-state index in [2.05, 4.69) is 18.9 Å². The molecule has 7 nitrogen and oxygen atoms in total. The fraction of sp³-hybridized carbons (Fsp3) is 0.533. The summed E-state index contributed by atoms with van der Waals surface area (Å²) in [6, 6.07) is 1.70. The van der Waals surface area contributed by atoms with E-state index < -0.39 is 11.5 Å². The van der Waals surface area contributed by atoms with Gasteiger partial charge >= 0.3 is 5.97 Å². The number of esters is 1. The summed E-state index contributed by atoms with van der Waals surface area (Å²) in [5, 5.41) is 14.5. The van der Waals surface area contributed by atoms with Crippen molar-refractivity contribution in [2.75, 3.05) is 6.61 Å². The summed E-state index contributed by atoms with van der Waals surface area (Å²) < 4.78 is 7.55. The number of hydrogen-bond acceptors (Lipinski definition) is 5. The second kappa shape index (κ2) is 6.21. The monoisotopic (exact) mass is 307 g/mol. The number of aryl methyl sites for hydroxylation is 2. The van der Waals surface area contributed by atoms with Crippen molar-refractivity contribution in [3.8, 4) is 5.88 Å². The minimum atomic E-state index is -0.835. The number of aromatic hydroxyl groups is 1. The second-order valence-electron chi connectivity index (χ2n) is 5.61. The van der Waals surface area contributed by atoms with Crippen molar-refractivity contribution in [3.05, 3.63) is 27.7 Å². The number of fused-ring (bicyclic) bond motifs is 1. The van der Waals surface area contributed by atoms with Crippen LogP contribution in [0.3, 0.4) is 0 Å². The maximum atomic E-state index is 12.4. The largest absolute Gasteiger partial charge is 0.494 e. The van der Waals surface area contributed by atoms with Gasteiger partial charge in [-0.25, -0.2) is 4.79 Å². The zero-order chi connectivity index (χ0) is 16.4. The van der Waals surface area contributed by atoms with Crippen LogP contribution in [0, 0.1) is 12.8 Å². The third-order valence-corrected chi connectivity index (χ3v) is 3.38. The van der Waals surface area contributed by atoms with Crippen LogP contribution >= 0.6 is 0 Å². The molecule has 2 heterocycles. The van der Waals surface area contributed by atoms with Crippen LogP contribution in [0.2, 0.25) is 0 Å². The molecule has 0 saturated carbocycles. The molecule has 0 aliphatic rings. The Kier molecular flexibility index (Phi) is 4.54. The highest BCUT2D eigenvalue weighted by molar-refractivity contribution is 5.91. The predicted molar refractivity (Wildman–Crippen MR) is 81.3 cm³/mol. The van der Waals surface area contributed by atoms with E-state index in [4.69, 9.17) is 4.74 Å². The third kappa shape index (κ3) is 2.84. The number of carbonyl (C=O) groups excluding carboxylic acids is 1. The molecule has 0 spiro atoms. The van der Waals surface area contributed by atoms with Crippen molar-refractivity contribution in [1.82, 2.24) is 14.2 Å². The van der Waals surface area contributed by atoms with Crippen LogP contribution in [0.15, 0.2) is 10.9 Å². The average molecular weight is 307 g/mol. The van der Waals surface area contributed by atoms with Gasteiger partial charge in [0.15, 0.2) is 5.56 Å². The van der Waals surface area contributed by atoms with E-state index in [-0.39, 0.29) is 18.1 Å². The molecule has 120 valence electrons. The Morgan fingerprint density at radius 3 is 2.73 bits per heavy atom. The molecule has 1 N–H and O–H groups in total. The summed E-state index contributed by atoms with van der Waals surface area (Å²) in [5.74, 6) is -0.788. The van der Waals surface area contributed by atoms with E-state index in [0.29, 0.717) is 23.8 Å². The average Bonchev–Trinajstić information content (AvgIpc) is 2.80. The Morgan fingerprint density at radius 1 is 1.45 bits per heavy atom. The van der Waals surface area contributed by atoms with Crippen LogP contribution in [0.4, 0.5) is 0 Å². The summed E-state index contributed by atoms with van der Waals surface area (Å²) in [4.78, 5) is 24.4. The summed E-state index contributed by atoms with van der Waals surface area (Å²) >= 11 is 0. The zero-order valence-electron chi connectivity index (χ0n) is 13.3. The molecule has 0 aliphatic heterocycles. The third-order valence-electron chi connectivity index (χ3n) is 3.38. The molecule has 0 amide bonds. The minimum Gasteiger partial charge on any atom is -0.494 e. The molecular weight excluding hydrogens is 286 g/mol. The van der Waals surface area contributed by atoms with Crippen LogP contribution in [0.5, 0.6) is 5.88 Å². The maximum Gasteiger partial charge on any atom is 0.349 e. The van der Waals surface area contributed by atoms with E-state index in [9.17, 15) is 14.7 Å². The van der Waals surface area contributed by atoms with Gasteiger partial charge in [0.05, 0.1) is 12.3 Å². The lowest BCUT2D eigenvalue weighted by Crippen LogP contribution is -2.27. The first kappa shape index (κ1) is 16.1. The van der Waals surface area contributed by atoms with E-state index in [1.54, 1.807) is 19.9 Å². The van der Waals surface area contributed by atoms with Gasteiger partial charge in [-0.2, -0.15) is 9.61 Å². The molecular formula is C15H21N3O4. The Morgan fingerprint density at radius 2 is 2.14 bits per heavy atom. The molecule has 0 radical (unpaired) electrons. The lowest BCUT2D eigenvalue weighted by molar-refractivity contribution is 0.0518. The summed E-state index contributed by atoms with van der Waals surface area (Å²) in [5.41, 5.74) is 0.0607. The first-order valence-corrected chi connectivity index (χ1v) is 7.36. The molecule has 2 rings (SSSR count). The molecule has 2 aromatic rings. The first-order chi connectivity index (χ1) is 10.4. The van der Waals surface area contributed by atoms with E-state index in [1.807, 2.05) is 0 Å². The highest BCUT2D eigenvalue weighted by Crippen LogP contribution is 2.20. The number of hydrogen-bond donors (Lipinski definition) is 1. The molecule has 0 aliphatic carbocycles. The SMILES string of the molecule is CCOC(=O)c1c(O)n(CCC(C)C)c2cc(C)nn2c1=O. The van der Waals surface area contributed by atoms with Gasteiger partial charge in [0.2, 0.25) is 5.88 Å². The molecule has 0 aromatic carbocycles. The van der Waals surface area contributed by atoms with Gasteiger partial charge in [-0.15, -0.1) is 0 Å². The second-order valence-corrected chi connectivity index (χ2v) is 5.61. The zero-order valence-corrected chi connectivity index (χ0v) is 13.3. The first-order valence-electron chi connectivity index (χ1n) is 7.36. The smallest absolute Gasteiger partial charge is 0.349 e. The summed E-state index contributed by atoms with van der Waals surface area (Å²) in [6.45, 7) is 8.11. The lowest BCUT2D eigenvalue weighted by Gasteiger charge is -2.15. The van der Waals surface area contributed by atoms with Gasteiger partial charge in [0.25, 0.3) is 5.56 Å². The van der Waals surface area contributed by atoms with Gasteiger partial charge in [0, 0.05) is 12.6 Å². The van der Waals surface area contributed by atoms with Gasteiger partial charge in [-0.05, 0) is 26.2 Å². The van der Waals surface area contributed by atoms with Crippen molar-refractivity contribution in [3.63, 3.8) is 0 Å².